The number of aliphatic hydroxyl groups is 1. The van der Waals surface area contributed by atoms with E-state index in [-0.39, 0.29) is 12.0 Å². The molecule has 262 valence electrons. The number of rotatable bonds is 14. The van der Waals surface area contributed by atoms with Crippen LogP contribution in [-0.2, 0) is 50.0 Å². The molecule has 6 rings (SSSR count). The van der Waals surface area contributed by atoms with Gasteiger partial charge in [-0.25, -0.2) is 0 Å². The highest BCUT2D eigenvalue weighted by molar-refractivity contribution is 5.66. The van der Waals surface area contributed by atoms with Gasteiger partial charge in [-0.15, -0.1) is 0 Å². The van der Waals surface area contributed by atoms with E-state index in [4.69, 9.17) is 14.2 Å². The lowest BCUT2D eigenvalue weighted by atomic mass is 10.0. The summed E-state index contributed by atoms with van der Waals surface area (Å²) in [4.78, 5) is 29.4. The van der Waals surface area contributed by atoms with Crippen molar-refractivity contribution in [3.63, 3.8) is 0 Å². The van der Waals surface area contributed by atoms with Gasteiger partial charge in [0, 0.05) is 52.5 Å². The third-order valence-electron chi connectivity index (χ3n) is 9.84. The van der Waals surface area contributed by atoms with E-state index in [0.29, 0.717) is 39.0 Å². The van der Waals surface area contributed by atoms with Gasteiger partial charge in [-0.2, -0.15) is 0 Å². The second-order valence-corrected chi connectivity index (χ2v) is 13.5. The molecule has 0 saturated heterocycles. The van der Waals surface area contributed by atoms with Crippen molar-refractivity contribution in [1.29, 1.82) is 0 Å². The maximum absolute atomic E-state index is 12.4. The predicted molar refractivity (Wildman–Crippen MR) is 191 cm³/mol. The summed E-state index contributed by atoms with van der Waals surface area (Å²) in [6.07, 6.45) is -1.44. The fourth-order valence-electron chi connectivity index (χ4n) is 7.72. The lowest BCUT2D eigenvalue weighted by Crippen LogP contribution is -2.52. The summed E-state index contributed by atoms with van der Waals surface area (Å²) in [5.41, 5.74) is 4.55. The maximum Gasteiger partial charge on any atom is 0.302 e. The van der Waals surface area contributed by atoms with Crippen LogP contribution < -0.4 is 0 Å². The Kier molecular flexibility index (Phi) is 12.1. The minimum absolute atomic E-state index is 0.0815. The Bertz CT molecular complexity index is 1560. The second kappa shape index (κ2) is 17.1. The molecule has 0 radical (unpaired) electrons. The van der Waals surface area contributed by atoms with E-state index in [1.807, 2.05) is 72.8 Å². The van der Waals surface area contributed by atoms with E-state index < -0.39 is 42.5 Å². The van der Waals surface area contributed by atoms with Crippen molar-refractivity contribution >= 4 is 11.9 Å². The highest BCUT2D eigenvalue weighted by Crippen LogP contribution is 2.38. The molecule has 2 fully saturated rings. The minimum Gasteiger partial charge on any atom is -0.460 e. The lowest BCUT2D eigenvalue weighted by molar-refractivity contribution is -0.163. The molecule has 0 spiro atoms. The van der Waals surface area contributed by atoms with Crippen LogP contribution in [0.4, 0.5) is 0 Å². The van der Waals surface area contributed by atoms with Gasteiger partial charge in [-0.3, -0.25) is 19.4 Å². The van der Waals surface area contributed by atoms with Gasteiger partial charge in [-0.05, 0) is 35.1 Å². The van der Waals surface area contributed by atoms with E-state index in [0.717, 1.165) is 17.5 Å². The van der Waals surface area contributed by atoms with Gasteiger partial charge >= 0.3 is 11.9 Å². The van der Waals surface area contributed by atoms with Crippen LogP contribution in [0.15, 0.2) is 121 Å². The molecule has 2 saturated carbocycles. The third-order valence-corrected chi connectivity index (χ3v) is 9.84. The molecular weight excluding hydrogens is 628 g/mol. The molecule has 7 atom stereocenters. The second-order valence-electron chi connectivity index (χ2n) is 13.5. The Morgan fingerprint density at radius 1 is 0.580 bits per heavy atom. The zero-order chi connectivity index (χ0) is 34.9. The first-order chi connectivity index (χ1) is 24.3. The van der Waals surface area contributed by atoms with Crippen molar-refractivity contribution in [2.75, 3.05) is 0 Å². The zero-order valence-corrected chi connectivity index (χ0v) is 28.9. The quantitative estimate of drug-likeness (QED) is 0.156. The Morgan fingerprint density at radius 2 is 0.980 bits per heavy atom. The molecule has 4 aromatic carbocycles. The molecule has 0 heterocycles. The topological polar surface area (TPSA) is 88.5 Å². The van der Waals surface area contributed by atoms with Gasteiger partial charge < -0.3 is 19.3 Å². The number of carbonyl (C=O) groups is 2. The summed E-state index contributed by atoms with van der Waals surface area (Å²) in [6, 6.07) is 40.5. The fraction of sp³-hybridized carbons (Fsp3) is 0.381. The molecule has 1 unspecified atom stereocenters. The van der Waals surface area contributed by atoms with Crippen molar-refractivity contribution in [3.05, 3.63) is 144 Å². The summed E-state index contributed by atoms with van der Waals surface area (Å²) in [5, 5.41) is 11.9. The largest absolute Gasteiger partial charge is 0.460 e. The predicted octanol–water partition coefficient (Wildman–Crippen LogP) is 6.30. The number of ether oxygens (including phenoxy) is 3. The first-order valence-electron chi connectivity index (χ1n) is 17.7. The van der Waals surface area contributed by atoms with Crippen molar-refractivity contribution in [3.8, 4) is 0 Å². The van der Waals surface area contributed by atoms with Gasteiger partial charge in [0.1, 0.15) is 24.4 Å². The molecule has 0 aromatic heterocycles. The van der Waals surface area contributed by atoms with E-state index in [1.54, 1.807) is 0 Å². The molecule has 4 aromatic rings. The van der Waals surface area contributed by atoms with Gasteiger partial charge in [-0.1, -0.05) is 121 Å². The van der Waals surface area contributed by atoms with Crippen LogP contribution >= 0.6 is 0 Å². The molecule has 1 N–H and O–H groups in total. The molecular formula is C42H48N2O6. The van der Waals surface area contributed by atoms with Crippen molar-refractivity contribution < 1.29 is 28.9 Å². The molecule has 0 aliphatic heterocycles. The number of hydrogen-bond donors (Lipinski definition) is 1. The number of esters is 2. The molecule has 50 heavy (non-hydrogen) atoms. The van der Waals surface area contributed by atoms with Crippen molar-refractivity contribution in [1.82, 2.24) is 9.80 Å². The van der Waals surface area contributed by atoms with E-state index in [9.17, 15) is 14.7 Å². The van der Waals surface area contributed by atoms with E-state index in [2.05, 4.69) is 58.3 Å². The van der Waals surface area contributed by atoms with Crippen LogP contribution in [0.25, 0.3) is 0 Å². The number of hydrogen-bond acceptors (Lipinski definition) is 8. The smallest absolute Gasteiger partial charge is 0.302 e. The number of nitrogens with zero attached hydrogens (tertiary/aromatic N) is 2. The Hall–Kier alpha value is -4.34. The normalized spacial score (nSPS) is 24.8. The van der Waals surface area contributed by atoms with Gasteiger partial charge in [0.05, 0.1) is 12.1 Å². The monoisotopic (exact) mass is 676 g/mol. The molecule has 0 bridgehead atoms. The third kappa shape index (κ3) is 9.25. The Morgan fingerprint density at radius 3 is 1.40 bits per heavy atom. The average Bonchev–Trinajstić information content (AvgIpc) is 3.64. The summed E-state index contributed by atoms with van der Waals surface area (Å²) < 4.78 is 18.9. The average molecular weight is 677 g/mol. The Balaban J connectivity index is 1.35. The van der Waals surface area contributed by atoms with Crippen LogP contribution in [0.3, 0.4) is 0 Å². The van der Waals surface area contributed by atoms with Crippen LogP contribution in [0.1, 0.15) is 55.4 Å². The fourth-order valence-corrected chi connectivity index (χ4v) is 7.72. The van der Waals surface area contributed by atoms with E-state index in [1.165, 1.54) is 25.0 Å². The molecule has 2 aliphatic rings. The summed E-state index contributed by atoms with van der Waals surface area (Å²) >= 11 is 0. The van der Waals surface area contributed by atoms with Gasteiger partial charge in [0.2, 0.25) is 0 Å². The number of carbonyl (C=O) groups excluding carboxylic acids is 2. The highest BCUT2D eigenvalue weighted by Gasteiger charge is 2.52. The first-order valence-corrected chi connectivity index (χ1v) is 17.7. The van der Waals surface area contributed by atoms with Crippen molar-refractivity contribution in [2.24, 2.45) is 0 Å². The number of benzene rings is 4. The van der Waals surface area contributed by atoms with Crippen LogP contribution in [0.2, 0.25) is 0 Å². The minimum atomic E-state index is -0.993. The lowest BCUT2D eigenvalue weighted by Gasteiger charge is -2.39. The Labute approximate surface area is 295 Å². The zero-order valence-electron chi connectivity index (χ0n) is 28.9. The highest BCUT2D eigenvalue weighted by atomic mass is 16.6. The summed E-state index contributed by atoms with van der Waals surface area (Å²) in [6.45, 7) is 5.30. The molecule has 0 amide bonds. The van der Waals surface area contributed by atoms with Crippen LogP contribution in [0.5, 0.6) is 0 Å². The first kappa shape index (κ1) is 35.5. The SMILES string of the molecule is CC(=O)O[C@@H]1CC(O[C@@H]2[C@H](N(Cc3ccccc3)Cc3ccccc3)CC[C@H]2OC(C)=O)[C@@H](N(Cc2ccccc2)Cc2ccccc2)[C@H]1O. The standard InChI is InChI=1S/C42H48N2O6/c1-30(45)48-37-24-23-36(43(26-32-15-7-3-8-16-32)27-33-17-9-4-10-18-33)42(37)50-38-25-39(49-31(2)46)41(47)40(38)44(28-34-19-11-5-12-20-34)29-35-21-13-6-14-22-35/h3-22,36-42,47H,23-29H2,1-2H3/t36-,37-,38?,39-,40-,41+,42-/m1/s1. The van der Waals surface area contributed by atoms with Gasteiger partial charge in [0.15, 0.2) is 0 Å². The molecule has 8 heteroatoms. The summed E-state index contributed by atoms with van der Waals surface area (Å²) in [7, 11) is 0. The molecule has 8 nitrogen and oxygen atoms in total. The van der Waals surface area contributed by atoms with Crippen LogP contribution in [-0.4, -0.2) is 69.4 Å². The van der Waals surface area contributed by atoms with E-state index >= 15 is 0 Å². The number of aliphatic hydroxyl groups excluding tert-OH is 1. The van der Waals surface area contributed by atoms with Gasteiger partial charge in [0.25, 0.3) is 0 Å². The van der Waals surface area contributed by atoms with Crippen LogP contribution in [0, 0.1) is 0 Å². The summed E-state index contributed by atoms with van der Waals surface area (Å²) in [5.74, 6) is -0.794. The molecule has 2 aliphatic carbocycles. The maximum atomic E-state index is 12.4. The van der Waals surface area contributed by atoms with Crippen molar-refractivity contribution in [2.45, 2.75) is 102 Å².